The number of hydrogen-bond donors (Lipinski definition) is 2. The summed E-state index contributed by atoms with van der Waals surface area (Å²) in [5.41, 5.74) is -1.32. The van der Waals surface area contributed by atoms with E-state index in [0.29, 0.717) is 17.9 Å². The highest BCUT2D eigenvalue weighted by Gasteiger charge is 2.61. The molecule has 0 aliphatic carbocycles. The number of carbonyl (C=O) groups excluding carboxylic acids is 2. The van der Waals surface area contributed by atoms with E-state index in [0.717, 1.165) is 11.1 Å². The summed E-state index contributed by atoms with van der Waals surface area (Å²) in [4.78, 5) is 47.0. The summed E-state index contributed by atoms with van der Waals surface area (Å²) in [7, 11) is 1.54. The lowest BCUT2D eigenvalue weighted by Gasteiger charge is -2.21. The number of Topliss-reactive ketones (excluding diaryl/α,β-unsaturated/α-hetero) is 1. The van der Waals surface area contributed by atoms with Crippen LogP contribution in [0.3, 0.4) is 0 Å². The number of hydrogen-bond acceptors (Lipinski definition) is 8. The third-order valence-corrected chi connectivity index (χ3v) is 4.70. The molecule has 0 fully saturated rings. The molecule has 0 spiro atoms. The third-order valence-electron chi connectivity index (χ3n) is 4.70. The molecule has 2 N–H and O–H groups in total. The molecule has 2 aromatic carbocycles. The van der Waals surface area contributed by atoms with Crippen LogP contribution in [0.5, 0.6) is 11.5 Å². The molecular weight excluding hydrogens is 484 g/mol. The van der Waals surface area contributed by atoms with Crippen LogP contribution in [0.4, 0.5) is 0 Å². The van der Waals surface area contributed by atoms with Gasteiger partial charge < -0.3 is 29.2 Å². The van der Waals surface area contributed by atoms with E-state index in [1.165, 1.54) is 6.92 Å². The van der Waals surface area contributed by atoms with Crippen LogP contribution in [-0.4, -0.2) is 54.6 Å². The molecule has 10 heteroatoms. The van der Waals surface area contributed by atoms with Crippen molar-refractivity contribution < 1.29 is 48.3 Å². The molecular formula is C27H36O10. The second-order valence-corrected chi connectivity index (χ2v) is 6.85. The number of methoxy groups -OCH3 is 1. The summed E-state index contributed by atoms with van der Waals surface area (Å²) in [6, 6.07) is 14.3. The van der Waals surface area contributed by atoms with Crippen LogP contribution < -0.4 is 9.47 Å². The summed E-state index contributed by atoms with van der Waals surface area (Å²) < 4.78 is 20.1. The minimum atomic E-state index is -3.33. The number of ketones is 1. The number of carboxylic acid groups (broad SMARTS) is 2. The Hall–Kier alpha value is -3.92. The van der Waals surface area contributed by atoms with Gasteiger partial charge in [0.1, 0.15) is 11.5 Å². The SMILES string of the molecule is CC.CC.CCC(=O)C(C(=O)O)(C(=O)O)C(=O)OCOc1ccc(Cc2ccc(OCOC)cc2)cc1. The van der Waals surface area contributed by atoms with E-state index < -0.39 is 42.3 Å². The molecule has 10 nitrogen and oxygen atoms in total. The smallest absolute Gasteiger partial charge is 0.345 e. The van der Waals surface area contributed by atoms with Crippen LogP contribution in [-0.2, 0) is 35.1 Å². The van der Waals surface area contributed by atoms with Crippen molar-refractivity contribution in [3.8, 4) is 11.5 Å². The van der Waals surface area contributed by atoms with Gasteiger partial charge in [-0.1, -0.05) is 58.9 Å². The first-order valence-corrected chi connectivity index (χ1v) is 11.8. The highest BCUT2D eigenvalue weighted by Crippen LogP contribution is 2.24. The molecule has 0 aromatic heterocycles. The lowest BCUT2D eigenvalue weighted by Crippen LogP contribution is -2.53. The molecule has 0 heterocycles. The van der Waals surface area contributed by atoms with Crippen LogP contribution in [0.25, 0.3) is 0 Å². The van der Waals surface area contributed by atoms with Crippen molar-refractivity contribution in [1.82, 2.24) is 0 Å². The largest absolute Gasteiger partial charge is 0.480 e. The zero-order valence-corrected chi connectivity index (χ0v) is 22.1. The number of carboxylic acids is 2. The highest BCUT2D eigenvalue weighted by atomic mass is 16.7. The molecule has 0 bridgehead atoms. The van der Waals surface area contributed by atoms with Crippen LogP contribution in [0.1, 0.15) is 52.2 Å². The Morgan fingerprint density at radius 2 is 1.14 bits per heavy atom. The molecule has 0 aliphatic heterocycles. The van der Waals surface area contributed by atoms with E-state index in [2.05, 4.69) is 4.74 Å². The minimum Gasteiger partial charge on any atom is -0.480 e. The van der Waals surface area contributed by atoms with E-state index in [9.17, 15) is 29.4 Å². The Kier molecular flexibility index (Phi) is 15.6. The maximum absolute atomic E-state index is 12.2. The minimum absolute atomic E-state index is 0.165. The Morgan fingerprint density at radius 1 is 0.730 bits per heavy atom. The summed E-state index contributed by atoms with van der Waals surface area (Å²) in [6.45, 7) is 8.65. The fourth-order valence-corrected chi connectivity index (χ4v) is 2.91. The third kappa shape index (κ3) is 9.23. The number of carbonyl (C=O) groups is 4. The van der Waals surface area contributed by atoms with Gasteiger partial charge in [0.2, 0.25) is 6.79 Å². The molecule has 0 saturated heterocycles. The average molecular weight is 521 g/mol. The lowest BCUT2D eigenvalue weighted by molar-refractivity contribution is -0.183. The van der Waals surface area contributed by atoms with Gasteiger partial charge in [-0.2, -0.15) is 0 Å². The Balaban J connectivity index is 0.00000308. The van der Waals surface area contributed by atoms with E-state index in [1.807, 2.05) is 52.0 Å². The van der Waals surface area contributed by atoms with Crippen molar-refractivity contribution in [2.24, 2.45) is 5.41 Å². The van der Waals surface area contributed by atoms with Crippen molar-refractivity contribution in [3.05, 3.63) is 59.7 Å². The number of aliphatic carboxylic acids is 2. The summed E-state index contributed by atoms with van der Waals surface area (Å²) >= 11 is 0. The van der Waals surface area contributed by atoms with Crippen LogP contribution >= 0.6 is 0 Å². The van der Waals surface area contributed by atoms with E-state index in [4.69, 9.17) is 14.2 Å². The standard InChI is InChI=1S/C23H24O10.2C2H6/c1-3-19(24)23(20(25)26,21(27)28)22(29)33-14-32-18-10-6-16(7-11-18)12-15-4-8-17(9-5-15)31-13-30-2;2*1-2/h4-11H,3,12-14H2,1-2H3,(H,25,26)(H,27,28);2*1-2H3. The predicted molar refractivity (Wildman–Crippen MR) is 135 cm³/mol. The van der Waals surface area contributed by atoms with E-state index in [1.54, 1.807) is 31.4 Å². The first-order chi connectivity index (χ1) is 17.7. The maximum Gasteiger partial charge on any atom is 0.345 e. The average Bonchev–Trinajstić information content (AvgIpc) is 2.91. The molecule has 204 valence electrons. The first-order valence-electron chi connectivity index (χ1n) is 11.8. The van der Waals surface area contributed by atoms with E-state index >= 15 is 0 Å². The van der Waals surface area contributed by atoms with Crippen molar-refractivity contribution in [2.45, 2.75) is 47.5 Å². The first kappa shape index (κ1) is 33.1. The van der Waals surface area contributed by atoms with E-state index in [-0.39, 0.29) is 6.79 Å². The van der Waals surface area contributed by atoms with Gasteiger partial charge in [0, 0.05) is 13.5 Å². The molecule has 2 aromatic rings. The number of rotatable bonds is 13. The Bertz CT molecular complexity index is 967. The van der Waals surface area contributed by atoms with Gasteiger partial charge in [-0.25, -0.2) is 14.4 Å². The van der Waals surface area contributed by atoms with Gasteiger partial charge in [0.25, 0.3) is 0 Å². The van der Waals surface area contributed by atoms with Crippen LogP contribution in [0, 0.1) is 5.41 Å². The molecule has 0 amide bonds. The van der Waals surface area contributed by atoms with Crippen LogP contribution in [0.2, 0.25) is 0 Å². The number of esters is 1. The summed E-state index contributed by atoms with van der Waals surface area (Å²) in [5.74, 6) is -6.26. The molecule has 0 saturated carbocycles. The monoisotopic (exact) mass is 520 g/mol. The van der Waals surface area contributed by atoms with Gasteiger partial charge in [-0.05, 0) is 41.8 Å². The van der Waals surface area contributed by atoms with Crippen LogP contribution in [0.15, 0.2) is 48.5 Å². The Labute approximate surface area is 217 Å². The molecule has 0 atom stereocenters. The van der Waals surface area contributed by atoms with Crippen molar-refractivity contribution in [2.75, 3.05) is 20.7 Å². The molecule has 2 rings (SSSR count). The fourth-order valence-electron chi connectivity index (χ4n) is 2.91. The van der Waals surface area contributed by atoms with Gasteiger partial charge in [0.15, 0.2) is 12.6 Å². The van der Waals surface area contributed by atoms with Gasteiger partial charge >= 0.3 is 23.3 Å². The normalized spacial score (nSPS) is 10.0. The van der Waals surface area contributed by atoms with Gasteiger partial charge in [0.05, 0.1) is 0 Å². The molecule has 0 radical (unpaired) electrons. The second-order valence-electron chi connectivity index (χ2n) is 6.85. The van der Waals surface area contributed by atoms with Crippen molar-refractivity contribution in [1.29, 1.82) is 0 Å². The van der Waals surface area contributed by atoms with Gasteiger partial charge in [-0.15, -0.1) is 0 Å². The quantitative estimate of drug-likeness (QED) is 0.222. The summed E-state index contributed by atoms with van der Waals surface area (Å²) in [6.07, 6.45) is 0.164. The molecule has 37 heavy (non-hydrogen) atoms. The number of ether oxygens (including phenoxy) is 4. The zero-order chi connectivity index (χ0) is 28.4. The topological polar surface area (TPSA) is 146 Å². The highest BCUT2D eigenvalue weighted by molar-refractivity contribution is 6.33. The summed E-state index contributed by atoms with van der Waals surface area (Å²) in [5, 5.41) is 18.5. The fraction of sp³-hybridized carbons (Fsp3) is 0.407. The van der Waals surface area contributed by atoms with Gasteiger partial charge in [-0.3, -0.25) is 4.79 Å². The second kappa shape index (κ2) is 17.5. The zero-order valence-electron chi connectivity index (χ0n) is 22.1. The van der Waals surface area contributed by atoms with Crippen molar-refractivity contribution >= 4 is 23.7 Å². The lowest BCUT2D eigenvalue weighted by atomic mass is 9.82. The maximum atomic E-state index is 12.2. The molecule has 0 unspecified atom stereocenters. The Morgan fingerprint density at radius 3 is 1.49 bits per heavy atom. The predicted octanol–water partition coefficient (Wildman–Crippen LogP) is 4.33. The number of benzene rings is 2. The van der Waals surface area contributed by atoms with Crippen molar-refractivity contribution in [3.63, 3.8) is 0 Å². The molecule has 0 aliphatic rings.